The van der Waals surface area contributed by atoms with Gasteiger partial charge in [0.1, 0.15) is 6.61 Å². The van der Waals surface area contributed by atoms with Crippen LogP contribution in [0.5, 0.6) is 0 Å². The summed E-state index contributed by atoms with van der Waals surface area (Å²) in [7, 11) is 0. The predicted molar refractivity (Wildman–Crippen MR) is 61.0 cm³/mol. The molecule has 1 fully saturated rings. The van der Waals surface area contributed by atoms with Crippen molar-refractivity contribution in [3.05, 3.63) is 35.9 Å². The third-order valence-electron chi connectivity index (χ3n) is 2.48. The highest BCUT2D eigenvalue weighted by Gasteiger charge is 2.31. The summed E-state index contributed by atoms with van der Waals surface area (Å²) in [6.07, 6.45) is -0.238. The zero-order chi connectivity index (χ0) is 10.7. The van der Waals surface area contributed by atoms with Crippen LogP contribution in [0.1, 0.15) is 5.56 Å². The topological polar surface area (TPSA) is 29.5 Å². The van der Waals surface area contributed by atoms with E-state index in [2.05, 4.69) is 12.6 Å². The van der Waals surface area contributed by atoms with Gasteiger partial charge in [-0.25, -0.2) is 4.79 Å². The summed E-state index contributed by atoms with van der Waals surface area (Å²) < 4.78 is 4.98. The Hall–Kier alpha value is -1.16. The van der Waals surface area contributed by atoms with E-state index in [1.54, 1.807) is 4.90 Å². The Balaban J connectivity index is 2.07. The molecule has 0 aromatic heterocycles. The normalized spacial score (nSPS) is 20.5. The molecule has 3 nitrogen and oxygen atoms in total. The lowest BCUT2D eigenvalue weighted by Crippen LogP contribution is -2.34. The third-order valence-corrected chi connectivity index (χ3v) is 2.90. The highest BCUT2D eigenvalue weighted by molar-refractivity contribution is 7.80. The molecule has 1 heterocycles. The van der Waals surface area contributed by atoms with Crippen LogP contribution in [0.2, 0.25) is 0 Å². The maximum absolute atomic E-state index is 11.4. The summed E-state index contributed by atoms with van der Waals surface area (Å²) in [6, 6.07) is 9.99. The van der Waals surface area contributed by atoms with E-state index in [9.17, 15) is 4.79 Å². The Bertz CT molecular complexity index is 342. The van der Waals surface area contributed by atoms with Crippen LogP contribution in [0.15, 0.2) is 30.3 Å². The second-order valence-electron chi connectivity index (χ2n) is 3.53. The molecule has 80 valence electrons. The number of carbonyl (C=O) groups is 1. The number of amides is 1. The monoisotopic (exact) mass is 223 g/mol. The van der Waals surface area contributed by atoms with Crippen molar-refractivity contribution in [2.45, 2.75) is 12.6 Å². The van der Waals surface area contributed by atoms with E-state index < -0.39 is 0 Å². The number of hydrogen-bond donors (Lipinski definition) is 1. The summed E-state index contributed by atoms with van der Waals surface area (Å²) in [4.78, 5) is 13.1. The van der Waals surface area contributed by atoms with Gasteiger partial charge in [0.25, 0.3) is 0 Å². The zero-order valence-corrected chi connectivity index (χ0v) is 9.19. The molecule has 1 amide bonds. The van der Waals surface area contributed by atoms with Crippen LogP contribution >= 0.6 is 12.6 Å². The fourth-order valence-electron chi connectivity index (χ4n) is 1.61. The molecule has 0 saturated carbocycles. The molecule has 1 aliphatic heterocycles. The van der Waals surface area contributed by atoms with Crippen molar-refractivity contribution >= 4 is 18.7 Å². The summed E-state index contributed by atoms with van der Waals surface area (Å²) in [5.41, 5.74) is 1.11. The lowest BCUT2D eigenvalue weighted by Gasteiger charge is -2.19. The molecule has 1 atom stereocenters. The van der Waals surface area contributed by atoms with Gasteiger partial charge in [-0.1, -0.05) is 30.3 Å². The van der Waals surface area contributed by atoms with E-state index in [1.807, 2.05) is 30.3 Å². The Kier molecular flexibility index (Phi) is 3.16. The van der Waals surface area contributed by atoms with Gasteiger partial charge in [-0.05, 0) is 5.56 Å². The molecule has 1 aromatic rings. The molecule has 4 heteroatoms. The molecule has 0 aliphatic carbocycles. The van der Waals surface area contributed by atoms with Crippen molar-refractivity contribution in [2.24, 2.45) is 0 Å². The van der Waals surface area contributed by atoms with Gasteiger partial charge in [0.2, 0.25) is 0 Å². The molecule has 0 spiro atoms. The van der Waals surface area contributed by atoms with Crippen molar-refractivity contribution < 1.29 is 9.53 Å². The van der Waals surface area contributed by atoms with Crippen LogP contribution < -0.4 is 0 Å². The predicted octanol–water partition coefficient (Wildman–Crippen LogP) is 1.94. The molecule has 15 heavy (non-hydrogen) atoms. The fourth-order valence-corrected chi connectivity index (χ4v) is 1.92. The van der Waals surface area contributed by atoms with Crippen LogP contribution in [-0.4, -0.2) is 29.4 Å². The molecular formula is C11H13NO2S. The van der Waals surface area contributed by atoms with E-state index in [1.165, 1.54) is 0 Å². The lowest BCUT2D eigenvalue weighted by molar-refractivity contribution is 0.156. The van der Waals surface area contributed by atoms with Crippen molar-refractivity contribution in [3.63, 3.8) is 0 Å². The Morgan fingerprint density at radius 2 is 2.13 bits per heavy atom. The van der Waals surface area contributed by atoms with Gasteiger partial charge in [-0.3, -0.25) is 4.90 Å². The van der Waals surface area contributed by atoms with Crippen LogP contribution in [0, 0.1) is 0 Å². The smallest absolute Gasteiger partial charge is 0.410 e. The number of nitrogens with zero attached hydrogens (tertiary/aromatic N) is 1. The van der Waals surface area contributed by atoms with Crippen LogP contribution in [0.25, 0.3) is 0 Å². The highest BCUT2D eigenvalue weighted by Crippen LogP contribution is 2.17. The number of thiol groups is 1. The first kappa shape index (κ1) is 10.4. The van der Waals surface area contributed by atoms with Crippen molar-refractivity contribution in [1.82, 2.24) is 4.90 Å². The fraction of sp³-hybridized carbons (Fsp3) is 0.364. The van der Waals surface area contributed by atoms with Gasteiger partial charge in [0.15, 0.2) is 0 Å². The van der Waals surface area contributed by atoms with Gasteiger partial charge >= 0.3 is 6.09 Å². The van der Waals surface area contributed by atoms with Gasteiger partial charge in [-0.15, -0.1) is 0 Å². The van der Waals surface area contributed by atoms with Crippen molar-refractivity contribution in [3.8, 4) is 0 Å². The van der Waals surface area contributed by atoms with Gasteiger partial charge in [0.05, 0.1) is 6.04 Å². The second kappa shape index (κ2) is 4.57. The molecule has 0 unspecified atom stereocenters. The lowest BCUT2D eigenvalue weighted by atomic mass is 10.2. The summed E-state index contributed by atoms with van der Waals surface area (Å²) in [5, 5.41) is 0. The molecule has 0 N–H and O–H groups in total. The zero-order valence-electron chi connectivity index (χ0n) is 8.30. The Morgan fingerprint density at radius 3 is 2.80 bits per heavy atom. The molecule has 1 aliphatic rings. The summed E-state index contributed by atoms with van der Waals surface area (Å²) in [5.74, 6) is 0.637. The summed E-state index contributed by atoms with van der Waals surface area (Å²) >= 11 is 4.21. The molecule has 0 radical (unpaired) electrons. The Labute approximate surface area is 94.4 Å². The minimum absolute atomic E-state index is 0.0982. The molecule has 0 bridgehead atoms. The van der Waals surface area contributed by atoms with Gasteiger partial charge < -0.3 is 4.74 Å². The first-order chi connectivity index (χ1) is 7.31. The number of cyclic esters (lactones) is 1. The minimum atomic E-state index is -0.238. The van der Waals surface area contributed by atoms with Crippen LogP contribution in [0.3, 0.4) is 0 Å². The maximum Gasteiger partial charge on any atom is 0.410 e. The minimum Gasteiger partial charge on any atom is -0.447 e. The van der Waals surface area contributed by atoms with Gasteiger partial charge in [-0.2, -0.15) is 12.6 Å². The van der Waals surface area contributed by atoms with Crippen LogP contribution in [0.4, 0.5) is 4.79 Å². The molecule has 2 rings (SSSR count). The SMILES string of the molecule is O=C1OC[C@H](CS)N1Cc1ccccc1. The van der Waals surface area contributed by atoms with Crippen molar-refractivity contribution in [2.75, 3.05) is 12.4 Å². The van der Waals surface area contributed by atoms with Crippen molar-refractivity contribution in [1.29, 1.82) is 0 Å². The first-order valence-electron chi connectivity index (χ1n) is 4.89. The molecular weight excluding hydrogens is 210 g/mol. The standard InChI is InChI=1S/C11H13NO2S/c13-11-12(10(8-15)7-14-11)6-9-4-2-1-3-5-9/h1-5,10,15H,6-8H2/t10-/m1/s1. The quantitative estimate of drug-likeness (QED) is 0.793. The van der Waals surface area contributed by atoms with E-state index in [4.69, 9.17) is 4.74 Å². The number of hydrogen-bond acceptors (Lipinski definition) is 3. The largest absolute Gasteiger partial charge is 0.447 e. The molecule has 1 aromatic carbocycles. The van der Waals surface area contributed by atoms with E-state index >= 15 is 0 Å². The third kappa shape index (κ3) is 2.26. The summed E-state index contributed by atoms with van der Waals surface area (Å²) in [6.45, 7) is 1.06. The van der Waals surface area contributed by atoms with Crippen LogP contribution in [-0.2, 0) is 11.3 Å². The number of rotatable bonds is 3. The van der Waals surface area contributed by atoms with E-state index in [0.717, 1.165) is 5.56 Å². The maximum atomic E-state index is 11.4. The van der Waals surface area contributed by atoms with E-state index in [-0.39, 0.29) is 12.1 Å². The highest BCUT2D eigenvalue weighted by atomic mass is 32.1. The second-order valence-corrected chi connectivity index (χ2v) is 3.89. The average molecular weight is 223 g/mol. The average Bonchev–Trinajstić information content (AvgIpc) is 2.62. The number of carbonyl (C=O) groups excluding carboxylic acids is 1. The molecule has 1 saturated heterocycles. The van der Waals surface area contributed by atoms with Gasteiger partial charge in [0, 0.05) is 12.3 Å². The Morgan fingerprint density at radius 1 is 1.40 bits per heavy atom. The van der Waals surface area contributed by atoms with E-state index in [0.29, 0.717) is 18.9 Å². The number of ether oxygens (including phenoxy) is 1. The first-order valence-corrected chi connectivity index (χ1v) is 5.52. The number of benzene rings is 1.